The maximum absolute atomic E-state index is 10.1. The van der Waals surface area contributed by atoms with E-state index < -0.39 is 0 Å². The average Bonchev–Trinajstić information content (AvgIpc) is 3.48. The summed E-state index contributed by atoms with van der Waals surface area (Å²) >= 11 is 10.3. The summed E-state index contributed by atoms with van der Waals surface area (Å²) in [5.74, 6) is 1.59. The topological polar surface area (TPSA) is 60.9 Å². The number of aromatic nitrogens is 2. The van der Waals surface area contributed by atoms with Crippen LogP contribution in [0.15, 0.2) is 48.7 Å². The maximum atomic E-state index is 10.1. The van der Waals surface area contributed by atoms with Crippen LogP contribution in [0.1, 0.15) is 42.7 Å². The van der Waals surface area contributed by atoms with Gasteiger partial charge >= 0.3 is 0 Å². The largest absolute Gasteiger partial charge is 0.393 e. The van der Waals surface area contributed by atoms with Crippen molar-refractivity contribution in [1.29, 1.82) is 0 Å². The van der Waals surface area contributed by atoms with Crippen LogP contribution < -0.4 is 4.72 Å². The highest BCUT2D eigenvalue weighted by Gasteiger charge is 2.23. The molecule has 3 N–H and O–H groups in total. The molecule has 1 aliphatic carbocycles. The number of hydrogen-bond donors (Lipinski definition) is 4. The fourth-order valence-electron chi connectivity index (χ4n) is 3.58. The second-order valence-electron chi connectivity index (χ2n) is 7.74. The molecule has 1 saturated carbocycles. The van der Waals surface area contributed by atoms with Crippen molar-refractivity contribution in [1.82, 2.24) is 14.7 Å². The normalized spacial score (nSPS) is 14.9. The summed E-state index contributed by atoms with van der Waals surface area (Å²) in [7, 11) is 0. The Morgan fingerprint density at radius 1 is 1.14 bits per heavy atom. The van der Waals surface area contributed by atoms with Crippen molar-refractivity contribution >= 4 is 24.4 Å². The molecule has 1 unspecified atom stereocenters. The van der Waals surface area contributed by atoms with Gasteiger partial charge in [0.05, 0.1) is 18.0 Å². The minimum absolute atomic E-state index is 0.372. The minimum Gasteiger partial charge on any atom is -0.393 e. The summed E-state index contributed by atoms with van der Waals surface area (Å²) in [4.78, 5) is 8.00. The molecular formula is C23H26ClN3OS. The first-order valence-corrected chi connectivity index (χ1v) is 11.0. The summed E-state index contributed by atoms with van der Waals surface area (Å²) in [6.45, 7) is 0.675. The molecule has 0 radical (unpaired) electrons. The van der Waals surface area contributed by atoms with Crippen LogP contribution in [0.5, 0.6) is 0 Å². The molecule has 1 aliphatic rings. The van der Waals surface area contributed by atoms with E-state index in [2.05, 4.69) is 57.8 Å². The summed E-state index contributed by atoms with van der Waals surface area (Å²) in [6, 6.07) is 14.7. The minimum atomic E-state index is -0.372. The lowest BCUT2D eigenvalue weighted by Crippen LogP contribution is -2.14. The summed E-state index contributed by atoms with van der Waals surface area (Å²) in [5, 5.41) is 10.8. The van der Waals surface area contributed by atoms with Gasteiger partial charge in [0.15, 0.2) is 0 Å². The Bertz CT molecular complexity index is 953. The van der Waals surface area contributed by atoms with E-state index in [9.17, 15) is 5.11 Å². The quantitative estimate of drug-likeness (QED) is 0.346. The van der Waals surface area contributed by atoms with Crippen molar-refractivity contribution in [2.24, 2.45) is 0 Å². The highest BCUT2D eigenvalue weighted by atomic mass is 35.5. The summed E-state index contributed by atoms with van der Waals surface area (Å²) < 4.78 is 2.76. The van der Waals surface area contributed by atoms with Crippen LogP contribution in [0.3, 0.4) is 0 Å². The van der Waals surface area contributed by atoms with E-state index in [0.717, 1.165) is 45.6 Å². The zero-order valence-electron chi connectivity index (χ0n) is 16.2. The second kappa shape index (κ2) is 9.35. The molecule has 1 atom stereocenters. The predicted octanol–water partition coefficient (Wildman–Crippen LogP) is 5.39. The molecule has 1 fully saturated rings. The molecule has 0 amide bonds. The van der Waals surface area contributed by atoms with Gasteiger partial charge in [-0.05, 0) is 72.9 Å². The van der Waals surface area contributed by atoms with Gasteiger partial charge < -0.3 is 10.1 Å². The van der Waals surface area contributed by atoms with Gasteiger partial charge in [0.1, 0.15) is 5.82 Å². The Hall–Kier alpha value is -1.79. The molecule has 1 aromatic heterocycles. The molecule has 1 heterocycles. The van der Waals surface area contributed by atoms with Crippen molar-refractivity contribution < 1.29 is 5.11 Å². The number of rotatable bonds is 9. The lowest BCUT2D eigenvalue weighted by molar-refractivity contribution is 0.156. The monoisotopic (exact) mass is 427 g/mol. The smallest absolute Gasteiger partial charge is 0.137 e. The molecule has 0 bridgehead atoms. The van der Waals surface area contributed by atoms with Crippen LogP contribution in [0.25, 0.3) is 22.6 Å². The van der Waals surface area contributed by atoms with Gasteiger partial charge in [-0.3, -0.25) is 4.72 Å². The first-order chi connectivity index (χ1) is 14.1. The number of H-pyrrole nitrogens is 1. The number of nitrogens with zero attached hydrogens (tertiary/aromatic N) is 1. The van der Waals surface area contributed by atoms with Crippen LogP contribution in [0.2, 0.25) is 5.02 Å². The fourth-order valence-corrected chi connectivity index (χ4v) is 3.92. The zero-order valence-corrected chi connectivity index (χ0v) is 17.9. The molecule has 152 valence electrons. The molecule has 0 spiro atoms. The van der Waals surface area contributed by atoms with Gasteiger partial charge in [-0.2, -0.15) is 0 Å². The molecule has 0 saturated heterocycles. The second-order valence-corrected chi connectivity index (χ2v) is 8.46. The molecule has 4 rings (SSSR count). The van der Waals surface area contributed by atoms with E-state index in [0.29, 0.717) is 19.4 Å². The van der Waals surface area contributed by atoms with E-state index in [-0.39, 0.29) is 6.10 Å². The Labute approximate surface area is 182 Å². The fraction of sp³-hybridized carbons (Fsp3) is 0.348. The number of nitrogens with one attached hydrogen (secondary N) is 2. The molecule has 3 aromatic rings. The van der Waals surface area contributed by atoms with Gasteiger partial charge in [-0.1, -0.05) is 48.7 Å². The van der Waals surface area contributed by atoms with Crippen LogP contribution in [0, 0.1) is 0 Å². The highest BCUT2D eigenvalue weighted by molar-refractivity contribution is 7.78. The third kappa shape index (κ3) is 5.23. The zero-order chi connectivity index (χ0) is 20.2. The standard InChI is InChI=1S/C23H26ClN3OS/c24-21-10-8-19(13-18(21)7-9-20(28)11-12-26-29)23-25-14-22(27-23)17-5-3-16(4-6-17)15-1-2-15/h3-6,8,10,13-15,20,26,28-29H,1-2,7,9,11-12H2,(H,25,27). The van der Waals surface area contributed by atoms with Crippen LogP contribution in [-0.2, 0) is 6.42 Å². The number of halogens is 1. The van der Waals surface area contributed by atoms with Crippen LogP contribution in [0.4, 0.5) is 0 Å². The molecule has 4 nitrogen and oxygen atoms in total. The van der Waals surface area contributed by atoms with Crippen LogP contribution >= 0.6 is 24.4 Å². The van der Waals surface area contributed by atoms with Crippen molar-refractivity contribution in [2.45, 2.75) is 44.1 Å². The van der Waals surface area contributed by atoms with Gasteiger partial charge in [-0.15, -0.1) is 0 Å². The van der Waals surface area contributed by atoms with Crippen LogP contribution in [-0.4, -0.2) is 27.7 Å². The summed E-state index contributed by atoms with van der Waals surface area (Å²) in [6.07, 6.45) is 6.19. The number of thiol groups is 1. The van der Waals surface area contributed by atoms with Crippen molar-refractivity contribution in [3.05, 3.63) is 64.8 Å². The summed E-state index contributed by atoms with van der Waals surface area (Å²) in [5.41, 5.74) is 5.60. The third-order valence-corrected chi connectivity index (χ3v) is 6.09. The molecule has 6 heteroatoms. The average molecular weight is 428 g/mol. The molecule has 2 aromatic carbocycles. The van der Waals surface area contributed by atoms with E-state index >= 15 is 0 Å². The number of aliphatic hydroxyl groups is 1. The lowest BCUT2D eigenvalue weighted by Gasteiger charge is -2.11. The third-order valence-electron chi connectivity index (χ3n) is 5.50. The Morgan fingerprint density at radius 2 is 1.90 bits per heavy atom. The number of hydrogen-bond acceptors (Lipinski definition) is 4. The lowest BCUT2D eigenvalue weighted by atomic mass is 10.0. The van der Waals surface area contributed by atoms with Crippen molar-refractivity contribution in [3.63, 3.8) is 0 Å². The predicted molar refractivity (Wildman–Crippen MR) is 122 cm³/mol. The Kier molecular flexibility index (Phi) is 6.60. The van der Waals surface area contributed by atoms with E-state index in [1.807, 2.05) is 18.3 Å². The van der Waals surface area contributed by atoms with Gasteiger partial charge in [0.25, 0.3) is 0 Å². The SMILES string of the molecule is OC(CCNS)CCc1cc(-c2ncc(-c3ccc(C4CC4)cc3)[nH]2)ccc1Cl. The van der Waals surface area contributed by atoms with Crippen molar-refractivity contribution in [2.75, 3.05) is 6.54 Å². The van der Waals surface area contributed by atoms with Gasteiger partial charge in [-0.25, -0.2) is 4.98 Å². The Morgan fingerprint density at radius 3 is 2.62 bits per heavy atom. The number of imidazole rings is 1. The van der Waals surface area contributed by atoms with Gasteiger partial charge in [0, 0.05) is 17.1 Å². The van der Waals surface area contributed by atoms with E-state index in [1.54, 1.807) is 0 Å². The first-order valence-electron chi connectivity index (χ1n) is 10.1. The number of aryl methyl sites for hydroxylation is 1. The molecular weight excluding hydrogens is 402 g/mol. The molecule has 29 heavy (non-hydrogen) atoms. The maximum Gasteiger partial charge on any atom is 0.137 e. The van der Waals surface area contributed by atoms with E-state index in [4.69, 9.17) is 11.6 Å². The Balaban J connectivity index is 1.47. The number of aromatic amines is 1. The molecule has 0 aliphatic heterocycles. The van der Waals surface area contributed by atoms with E-state index in [1.165, 1.54) is 18.4 Å². The number of aliphatic hydroxyl groups excluding tert-OH is 1. The first kappa shape index (κ1) is 20.5. The highest BCUT2D eigenvalue weighted by Crippen LogP contribution is 2.40. The number of benzene rings is 2. The van der Waals surface area contributed by atoms with Gasteiger partial charge in [0.2, 0.25) is 0 Å². The van der Waals surface area contributed by atoms with Crippen molar-refractivity contribution in [3.8, 4) is 22.6 Å².